The normalized spacial score (nSPS) is 15.3. The fourth-order valence-corrected chi connectivity index (χ4v) is 2.81. The fraction of sp³-hybridized carbons (Fsp3) is 0.412. The minimum atomic E-state index is 0.118. The molecule has 0 saturated carbocycles. The van der Waals surface area contributed by atoms with Crippen LogP contribution in [0.2, 0.25) is 0 Å². The quantitative estimate of drug-likeness (QED) is 0.938. The Morgan fingerprint density at radius 1 is 1.45 bits per heavy atom. The van der Waals surface area contributed by atoms with Gasteiger partial charge in [0.15, 0.2) is 0 Å². The third-order valence-corrected chi connectivity index (χ3v) is 4.01. The van der Waals surface area contributed by atoms with Crippen molar-refractivity contribution in [2.75, 3.05) is 33.7 Å². The van der Waals surface area contributed by atoms with Crippen molar-refractivity contribution in [2.45, 2.75) is 12.8 Å². The van der Waals surface area contributed by atoms with Gasteiger partial charge < -0.3 is 10.2 Å². The summed E-state index contributed by atoms with van der Waals surface area (Å²) < 4.78 is 1.77. The standard InChI is InChI=1S/C17H22N4O/c1-20(2)11-7-16(22)21-12-14(13-5-9-18-10-6-13)17-15(21)4-3-8-19-17/h3-5,8,12,18H,6-7,9-11H2,1-2H3. The molecule has 0 saturated heterocycles. The van der Waals surface area contributed by atoms with Crippen LogP contribution in [-0.2, 0) is 0 Å². The van der Waals surface area contributed by atoms with Gasteiger partial charge in [0.25, 0.3) is 0 Å². The maximum absolute atomic E-state index is 12.5. The highest BCUT2D eigenvalue weighted by atomic mass is 16.2. The SMILES string of the molecule is CN(C)CCC(=O)n1cc(C2=CCNCC2)c2ncccc21. The van der Waals surface area contributed by atoms with Gasteiger partial charge in [-0.3, -0.25) is 14.3 Å². The van der Waals surface area contributed by atoms with E-state index in [-0.39, 0.29) is 5.91 Å². The lowest BCUT2D eigenvalue weighted by Gasteiger charge is -2.12. The Morgan fingerprint density at radius 2 is 2.32 bits per heavy atom. The molecule has 0 fully saturated rings. The Labute approximate surface area is 130 Å². The Hall–Kier alpha value is -1.98. The maximum Gasteiger partial charge on any atom is 0.232 e. The highest BCUT2D eigenvalue weighted by molar-refractivity contribution is 5.97. The van der Waals surface area contributed by atoms with Crippen molar-refractivity contribution in [3.05, 3.63) is 36.2 Å². The van der Waals surface area contributed by atoms with Gasteiger partial charge in [-0.2, -0.15) is 0 Å². The summed E-state index contributed by atoms with van der Waals surface area (Å²) in [4.78, 5) is 19.1. The van der Waals surface area contributed by atoms with Gasteiger partial charge in [-0.1, -0.05) is 6.08 Å². The maximum atomic E-state index is 12.5. The lowest BCUT2D eigenvalue weighted by molar-refractivity contribution is 0.0897. The van der Waals surface area contributed by atoms with E-state index in [1.54, 1.807) is 10.8 Å². The highest BCUT2D eigenvalue weighted by Crippen LogP contribution is 2.28. The summed E-state index contributed by atoms with van der Waals surface area (Å²) in [6, 6.07) is 3.86. The molecule has 0 aliphatic carbocycles. The molecule has 116 valence electrons. The van der Waals surface area contributed by atoms with Crippen LogP contribution in [0.25, 0.3) is 16.6 Å². The first kappa shape index (κ1) is 14.9. The lowest BCUT2D eigenvalue weighted by Crippen LogP contribution is -2.20. The third kappa shape index (κ3) is 2.96. The van der Waals surface area contributed by atoms with Crippen LogP contribution in [0.15, 0.2) is 30.6 Å². The van der Waals surface area contributed by atoms with E-state index in [0.717, 1.165) is 42.7 Å². The summed E-state index contributed by atoms with van der Waals surface area (Å²) >= 11 is 0. The van der Waals surface area contributed by atoms with Crippen molar-refractivity contribution in [3.63, 3.8) is 0 Å². The summed E-state index contributed by atoms with van der Waals surface area (Å²) in [5.41, 5.74) is 4.20. The van der Waals surface area contributed by atoms with Gasteiger partial charge in [0.05, 0.1) is 11.0 Å². The number of nitrogens with zero attached hydrogens (tertiary/aromatic N) is 3. The predicted octanol–water partition coefficient (Wildman–Crippen LogP) is 2.00. The second-order valence-electron chi connectivity index (χ2n) is 5.91. The molecule has 5 heteroatoms. The van der Waals surface area contributed by atoms with E-state index in [1.807, 2.05) is 37.3 Å². The van der Waals surface area contributed by atoms with Crippen LogP contribution in [0.5, 0.6) is 0 Å². The van der Waals surface area contributed by atoms with Crippen molar-refractivity contribution < 1.29 is 4.79 Å². The number of nitrogens with one attached hydrogen (secondary N) is 1. The molecule has 0 amide bonds. The number of aromatic nitrogens is 2. The highest BCUT2D eigenvalue weighted by Gasteiger charge is 2.17. The van der Waals surface area contributed by atoms with Crippen molar-refractivity contribution in [2.24, 2.45) is 0 Å². The van der Waals surface area contributed by atoms with Gasteiger partial charge in [0, 0.05) is 37.5 Å². The molecule has 1 aliphatic heterocycles. The molecule has 3 rings (SSSR count). The van der Waals surface area contributed by atoms with E-state index >= 15 is 0 Å². The van der Waals surface area contributed by atoms with E-state index in [9.17, 15) is 4.79 Å². The molecule has 0 unspecified atom stereocenters. The molecular weight excluding hydrogens is 276 g/mol. The van der Waals surface area contributed by atoms with Crippen LogP contribution in [0, 0.1) is 0 Å². The smallest absolute Gasteiger partial charge is 0.232 e. The average molecular weight is 298 g/mol. The molecule has 3 heterocycles. The fourth-order valence-electron chi connectivity index (χ4n) is 2.81. The van der Waals surface area contributed by atoms with Crippen molar-refractivity contribution in [1.29, 1.82) is 0 Å². The van der Waals surface area contributed by atoms with E-state index < -0.39 is 0 Å². The number of carbonyl (C=O) groups is 1. The second-order valence-corrected chi connectivity index (χ2v) is 5.91. The minimum Gasteiger partial charge on any atom is -0.313 e. The summed E-state index contributed by atoms with van der Waals surface area (Å²) in [6.45, 7) is 2.60. The molecule has 0 atom stereocenters. The summed E-state index contributed by atoms with van der Waals surface area (Å²) in [6.07, 6.45) is 7.43. The molecule has 2 aromatic heterocycles. The van der Waals surface area contributed by atoms with Gasteiger partial charge in [0.2, 0.25) is 5.91 Å². The molecule has 5 nitrogen and oxygen atoms in total. The van der Waals surface area contributed by atoms with E-state index in [4.69, 9.17) is 0 Å². The van der Waals surface area contributed by atoms with Crippen LogP contribution < -0.4 is 5.32 Å². The van der Waals surface area contributed by atoms with Gasteiger partial charge in [-0.15, -0.1) is 0 Å². The van der Waals surface area contributed by atoms with Crippen molar-refractivity contribution in [3.8, 4) is 0 Å². The van der Waals surface area contributed by atoms with Crippen LogP contribution >= 0.6 is 0 Å². The van der Waals surface area contributed by atoms with Gasteiger partial charge in [-0.05, 0) is 44.8 Å². The number of carbonyl (C=O) groups excluding carboxylic acids is 1. The molecule has 0 aromatic carbocycles. The van der Waals surface area contributed by atoms with E-state index in [1.165, 1.54) is 5.57 Å². The zero-order valence-corrected chi connectivity index (χ0v) is 13.2. The molecule has 22 heavy (non-hydrogen) atoms. The number of fused-ring (bicyclic) bond motifs is 1. The Kier molecular flexibility index (Phi) is 4.36. The second kappa shape index (κ2) is 6.42. The number of hydrogen-bond donors (Lipinski definition) is 1. The molecular formula is C17H22N4O. The van der Waals surface area contributed by atoms with Crippen molar-refractivity contribution >= 4 is 22.5 Å². The monoisotopic (exact) mass is 298 g/mol. The molecule has 0 spiro atoms. The van der Waals surface area contributed by atoms with Gasteiger partial charge >= 0.3 is 0 Å². The average Bonchev–Trinajstić information content (AvgIpc) is 2.93. The first-order chi connectivity index (χ1) is 10.7. The Balaban J connectivity index is 2.00. The zero-order valence-electron chi connectivity index (χ0n) is 13.2. The first-order valence-corrected chi connectivity index (χ1v) is 7.71. The van der Waals surface area contributed by atoms with Gasteiger partial charge in [0.1, 0.15) is 0 Å². The predicted molar refractivity (Wildman–Crippen MR) is 89.0 cm³/mol. The van der Waals surface area contributed by atoms with Crippen LogP contribution in [0.4, 0.5) is 0 Å². The number of pyridine rings is 1. The topological polar surface area (TPSA) is 50.2 Å². The molecule has 0 radical (unpaired) electrons. The van der Waals surface area contributed by atoms with Crippen LogP contribution in [-0.4, -0.2) is 54.1 Å². The van der Waals surface area contributed by atoms with E-state index in [0.29, 0.717) is 6.42 Å². The molecule has 0 bridgehead atoms. The lowest BCUT2D eigenvalue weighted by atomic mass is 10.0. The first-order valence-electron chi connectivity index (χ1n) is 7.71. The van der Waals surface area contributed by atoms with Crippen LogP contribution in [0.1, 0.15) is 23.2 Å². The number of hydrogen-bond acceptors (Lipinski definition) is 4. The van der Waals surface area contributed by atoms with E-state index in [2.05, 4.69) is 16.4 Å². The Morgan fingerprint density at radius 3 is 3.05 bits per heavy atom. The number of rotatable bonds is 4. The molecule has 2 aromatic rings. The summed E-state index contributed by atoms with van der Waals surface area (Å²) in [7, 11) is 3.96. The summed E-state index contributed by atoms with van der Waals surface area (Å²) in [5.74, 6) is 0.118. The zero-order chi connectivity index (χ0) is 15.5. The third-order valence-electron chi connectivity index (χ3n) is 4.01. The minimum absolute atomic E-state index is 0.118. The largest absolute Gasteiger partial charge is 0.313 e. The Bertz CT molecular complexity index is 715. The summed E-state index contributed by atoms with van der Waals surface area (Å²) in [5, 5.41) is 3.32. The van der Waals surface area contributed by atoms with Crippen LogP contribution in [0.3, 0.4) is 0 Å². The molecule has 1 N–H and O–H groups in total. The van der Waals surface area contributed by atoms with Crippen molar-refractivity contribution in [1.82, 2.24) is 19.8 Å². The molecule has 1 aliphatic rings. The van der Waals surface area contributed by atoms with Gasteiger partial charge in [-0.25, -0.2) is 0 Å².